The molecule has 42 heavy (non-hydrogen) atoms. The van der Waals surface area contributed by atoms with Gasteiger partial charge >= 0.3 is 0 Å². The average molecular weight is 568 g/mol. The molecule has 0 radical (unpaired) electrons. The molecule has 1 heterocycles. The van der Waals surface area contributed by atoms with Crippen molar-refractivity contribution in [2.75, 3.05) is 29.9 Å². The average Bonchev–Trinajstić information content (AvgIpc) is 3.01. The van der Waals surface area contributed by atoms with Crippen LogP contribution in [0.3, 0.4) is 0 Å². The van der Waals surface area contributed by atoms with E-state index in [-0.39, 0.29) is 29.2 Å². The van der Waals surface area contributed by atoms with Crippen LogP contribution in [0.15, 0.2) is 97.1 Å². The second kappa shape index (κ2) is 13.4. The predicted octanol–water partition coefficient (Wildman–Crippen LogP) is 7.41. The fourth-order valence-corrected chi connectivity index (χ4v) is 5.73. The predicted molar refractivity (Wildman–Crippen MR) is 164 cm³/mol. The van der Waals surface area contributed by atoms with Crippen molar-refractivity contribution in [2.45, 2.75) is 32.1 Å². The molecule has 1 aliphatic rings. The van der Waals surface area contributed by atoms with E-state index in [0.29, 0.717) is 23.4 Å². The summed E-state index contributed by atoms with van der Waals surface area (Å²) in [5.74, 6) is -1.58. The Labute approximate surface area is 245 Å². The highest BCUT2D eigenvalue weighted by Gasteiger charge is 2.32. The Bertz CT molecular complexity index is 1520. The second-order valence-electron chi connectivity index (χ2n) is 10.7. The van der Waals surface area contributed by atoms with Gasteiger partial charge in [-0.3, -0.25) is 9.59 Å². The lowest BCUT2D eigenvalue weighted by molar-refractivity contribution is -0.124. The molecule has 0 aromatic heterocycles. The van der Waals surface area contributed by atoms with Crippen molar-refractivity contribution in [1.82, 2.24) is 5.32 Å². The van der Waals surface area contributed by atoms with Gasteiger partial charge in [0.2, 0.25) is 5.91 Å². The molecule has 0 spiro atoms. The lowest BCUT2D eigenvalue weighted by Gasteiger charge is -2.37. The quantitative estimate of drug-likeness (QED) is 0.221. The Morgan fingerprint density at radius 3 is 2.24 bits per heavy atom. The van der Waals surface area contributed by atoms with Gasteiger partial charge in [0.1, 0.15) is 11.6 Å². The molecule has 5 rings (SSSR count). The molecule has 1 atom stereocenters. The van der Waals surface area contributed by atoms with Crippen molar-refractivity contribution in [3.8, 4) is 11.1 Å². The zero-order valence-electron chi connectivity index (χ0n) is 23.7. The van der Waals surface area contributed by atoms with Crippen LogP contribution in [0, 0.1) is 17.6 Å². The van der Waals surface area contributed by atoms with Crippen LogP contribution in [0.25, 0.3) is 11.1 Å². The minimum absolute atomic E-state index is 0.102. The van der Waals surface area contributed by atoms with E-state index in [4.69, 9.17) is 0 Å². The molecule has 1 aliphatic heterocycles. The number of carbonyl (C=O) groups is 2. The molecule has 216 valence electrons. The van der Waals surface area contributed by atoms with E-state index in [2.05, 4.69) is 22.5 Å². The maximum absolute atomic E-state index is 14.5. The summed E-state index contributed by atoms with van der Waals surface area (Å²) in [6.07, 6.45) is 2.70. The first-order chi connectivity index (χ1) is 20.4. The standard InChI is InChI=1S/C35H35F2N3O2/c1-2-20-38-35(42)33(24-8-4-3-5-9-24)25-18-21-40(22-19-25)28-15-13-27(14-16-28)39-34(41)31-11-7-6-10-29(31)30-17-12-26(36)23-32(30)37/h3-17,23,25,33H,2,18-22H2,1H3,(H,38,42)(H,39,41). The van der Waals surface area contributed by atoms with Gasteiger partial charge in [-0.1, -0.05) is 55.5 Å². The summed E-state index contributed by atoms with van der Waals surface area (Å²) >= 11 is 0. The largest absolute Gasteiger partial charge is 0.372 e. The Morgan fingerprint density at radius 2 is 1.55 bits per heavy atom. The summed E-state index contributed by atoms with van der Waals surface area (Å²) in [6, 6.07) is 27.7. The summed E-state index contributed by atoms with van der Waals surface area (Å²) < 4.78 is 27.9. The molecule has 1 saturated heterocycles. The third-order valence-corrected chi connectivity index (χ3v) is 7.88. The number of benzene rings is 4. The van der Waals surface area contributed by atoms with Crippen LogP contribution >= 0.6 is 0 Å². The summed E-state index contributed by atoms with van der Waals surface area (Å²) in [7, 11) is 0. The number of hydrogen-bond donors (Lipinski definition) is 2. The molecular weight excluding hydrogens is 532 g/mol. The summed E-state index contributed by atoms with van der Waals surface area (Å²) in [5, 5.41) is 6.00. The van der Waals surface area contributed by atoms with Crippen LogP contribution < -0.4 is 15.5 Å². The highest BCUT2D eigenvalue weighted by molar-refractivity contribution is 6.08. The molecule has 2 N–H and O–H groups in total. The Balaban J connectivity index is 1.24. The van der Waals surface area contributed by atoms with Gasteiger partial charge in [-0.05, 0) is 78.8 Å². The Morgan fingerprint density at radius 1 is 0.857 bits per heavy atom. The van der Waals surface area contributed by atoms with Gasteiger partial charge < -0.3 is 15.5 Å². The van der Waals surface area contributed by atoms with Crippen molar-refractivity contribution in [2.24, 2.45) is 5.92 Å². The van der Waals surface area contributed by atoms with Crippen molar-refractivity contribution < 1.29 is 18.4 Å². The number of nitrogens with one attached hydrogen (secondary N) is 2. The highest BCUT2D eigenvalue weighted by atomic mass is 19.1. The van der Waals surface area contributed by atoms with Crippen LogP contribution in [0.4, 0.5) is 20.2 Å². The van der Waals surface area contributed by atoms with Gasteiger partial charge in [0.05, 0.1) is 5.92 Å². The minimum atomic E-state index is -0.722. The number of hydrogen-bond acceptors (Lipinski definition) is 3. The van der Waals surface area contributed by atoms with Crippen molar-refractivity contribution in [3.05, 3.63) is 120 Å². The van der Waals surface area contributed by atoms with Crippen LogP contribution in [-0.2, 0) is 4.79 Å². The second-order valence-corrected chi connectivity index (χ2v) is 10.7. The SMILES string of the molecule is CCCNC(=O)C(c1ccccc1)C1CCN(c2ccc(NC(=O)c3ccccc3-c3ccc(F)cc3F)cc2)CC1. The molecule has 5 nitrogen and oxygen atoms in total. The third kappa shape index (κ3) is 6.68. The lowest BCUT2D eigenvalue weighted by atomic mass is 9.79. The van der Waals surface area contributed by atoms with Crippen molar-refractivity contribution >= 4 is 23.2 Å². The van der Waals surface area contributed by atoms with Crippen molar-refractivity contribution in [1.29, 1.82) is 0 Å². The zero-order valence-corrected chi connectivity index (χ0v) is 23.7. The maximum Gasteiger partial charge on any atom is 0.256 e. The fourth-order valence-electron chi connectivity index (χ4n) is 5.73. The molecule has 2 amide bonds. The third-order valence-electron chi connectivity index (χ3n) is 7.88. The van der Waals surface area contributed by atoms with Gasteiger partial charge in [0.15, 0.2) is 0 Å². The molecule has 0 aliphatic carbocycles. The molecule has 1 fully saturated rings. The van der Waals surface area contributed by atoms with Crippen LogP contribution in [0.2, 0.25) is 0 Å². The van der Waals surface area contributed by atoms with E-state index in [1.54, 1.807) is 24.3 Å². The molecular formula is C35H35F2N3O2. The topological polar surface area (TPSA) is 61.4 Å². The van der Waals surface area contributed by atoms with Crippen molar-refractivity contribution in [3.63, 3.8) is 0 Å². The van der Waals surface area contributed by atoms with Crippen LogP contribution in [0.1, 0.15) is 48.0 Å². The molecule has 0 bridgehead atoms. The molecule has 1 unspecified atom stereocenters. The summed E-state index contributed by atoms with van der Waals surface area (Å²) in [5.41, 5.74) is 3.58. The molecule has 4 aromatic rings. The van der Waals surface area contributed by atoms with Crippen LogP contribution in [-0.4, -0.2) is 31.4 Å². The smallest absolute Gasteiger partial charge is 0.256 e. The number of rotatable bonds is 9. The van der Waals surface area contributed by atoms with Gasteiger partial charge in [-0.15, -0.1) is 0 Å². The lowest BCUT2D eigenvalue weighted by Crippen LogP contribution is -2.40. The Hall–Kier alpha value is -4.52. The van der Waals surface area contributed by atoms with E-state index < -0.39 is 11.6 Å². The first kappa shape index (κ1) is 29.0. The number of piperidine rings is 1. The van der Waals surface area contributed by atoms with Gasteiger partial charge in [-0.2, -0.15) is 0 Å². The number of amides is 2. The number of nitrogens with zero attached hydrogens (tertiary/aromatic N) is 1. The number of carbonyl (C=O) groups excluding carboxylic acids is 2. The van der Waals surface area contributed by atoms with E-state index in [1.807, 2.05) is 54.6 Å². The van der Waals surface area contributed by atoms with Gasteiger partial charge in [0.25, 0.3) is 5.91 Å². The minimum Gasteiger partial charge on any atom is -0.372 e. The van der Waals surface area contributed by atoms with E-state index in [1.165, 1.54) is 12.1 Å². The highest BCUT2D eigenvalue weighted by Crippen LogP contribution is 2.35. The normalized spacial score (nSPS) is 14.3. The zero-order chi connectivity index (χ0) is 29.5. The number of anilines is 2. The van der Waals surface area contributed by atoms with Gasteiger partial charge in [-0.25, -0.2) is 8.78 Å². The Kier molecular flexibility index (Phi) is 9.27. The molecule has 7 heteroatoms. The molecule has 4 aromatic carbocycles. The summed E-state index contributed by atoms with van der Waals surface area (Å²) in [4.78, 5) is 28.6. The maximum atomic E-state index is 14.5. The fraction of sp³-hybridized carbons (Fsp3) is 0.257. The van der Waals surface area contributed by atoms with Gasteiger partial charge in [0, 0.05) is 48.2 Å². The first-order valence-corrected chi connectivity index (χ1v) is 14.5. The monoisotopic (exact) mass is 567 g/mol. The van der Waals surface area contributed by atoms with E-state index in [0.717, 1.165) is 49.7 Å². The van der Waals surface area contributed by atoms with Crippen LogP contribution in [0.5, 0.6) is 0 Å². The molecule has 0 saturated carbocycles. The van der Waals surface area contributed by atoms with E-state index >= 15 is 0 Å². The van der Waals surface area contributed by atoms with E-state index in [9.17, 15) is 18.4 Å². The summed E-state index contributed by atoms with van der Waals surface area (Å²) in [6.45, 7) is 4.40. The number of halogens is 2. The first-order valence-electron chi connectivity index (χ1n) is 14.5.